The zero-order valence-corrected chi connectivity index (χ0v) is 16.2. The molecule has 0 saturated carbocycles. The second kappa shape index (κ2) is 6.84. The highest BCUT2D eigenvalue weighted by Gasteiger charge is 2.20. The van der Waals surface area contributed by atoms with Gasteiger partial charge in [-0.2, -0.15) is 0 Å². The molecule has 29 heavy (non-hydrogen) atoms. The standard InChI is InChI=1S/C22H20FN5O/c1-13-7-15(9-24-8-13)17-10-25-22(28-12-14(2)27-21(17)28)26-11-18-16-5-6-29-20(16)4-3-19(18)23/h3-4,7-10,12H,5-6,11H2,1-2H3,(H,25,26). The molecule has 0 saturated heterocycles. The summed E-state index contributed by atoms with van der Waals surface area (Å²) in [7, 11) is 0. The monoisotopic (exact) mass is 389 g/mol. The smallest absolute Gasteiger partial charge is 0.208 e. The van der Waals surface area contributed by atoms with E-state index in [1.807, 2.05) is 36.8 Å². The predicted molar refractivity (Wildman–Crippen MR) is 109 cm³/mol. The summed E-state index contributed by atoms with van der Waals surface area (Å²) in [6.45, 7) is 4.86. The highest BCUT2D eigenvalue weighted by molar-refractivity contribution is 5.78. The zero-order valence-electron chi connectivity index (χ0n) is 16.2. The van der Waals surface area contributed by atoms with Crippen molar-refractivity contribution in [2.24, 2.45) is 0 Å². The van der Waals surface area contributed by atoms with Crippen molar-refractivity contribution < 1.29 is 9.13 Å². The summed E-state index contributed by atoms with van der Waals surface area (Å²) in [5.41, 5.74) is 6.15. The first-order valence-corrected chi connectivity index (χ1v) is 9.54. The lowest BCUT2D eigenvalue weighted by molar-refractivity contribution is 0.356. The molecular weight excluding hydrogens is 369 g/mol. The highest BCUT2D eigenvalue weighted by Crippen LogP contribution is 2.31. The van der Waals surface area contributed by atoms with Crippen molar-refractivity contribution in [3.05, 3.63) is 71.2 Å². The maximum atomic E-state index is 14.4. The van der Waals surface area contributed by atoms with Gasteiger partial charge in [-0.3, -0.25) is 9.38 Å². The number of hydrogen-bond acceptors (Lipinski definition) is 5. The van der Waals surface area contributed by atoms with Crippen molar-refractivity contribution in [2.45, 2.75) is 26.8 Å². The molecule has 7 heteroatoms. The number of rotatable bonds is 4. The molecule has 0 aliphatic carbocycles. The fourth-order valence-electron chi connectivity index (χ4n) is 3.81. The van der Waals surface area contributed by atoms with Gasteiger partial charge in [0.2, 0.25) is 5.95 Å². The van der Waals surface area contributed by atoms with Crippen LogP contribution in [0.1, 0.15) is 22.4 Å². The van der Waals surface area contributed by atoms with Crippen LogP contribution >= 0.6 is 0 Å². The van der Waals surface area contributed by atoms with Gasteiger partial charge in [-0.05, 0) is 37.6 Å². The number of ether oxygens (including phenoxy) is 1. The predicted octanol–water partition coefficient (Wildman–Crippen LogP) is 4.09. The van der Waals surface area contributed by atoms with E-state index in [4.69, 9.17) is 4.74 Å². The quantitative estimate of drug-likeness (QED) is 0.569. The molecule has 4 aromatic rings. The van der Waals surface area contributed by atoms with Crippen molar-refractivity contribution >= 4 is 11.6 Å². The van der Waals surface area contributed by atoms with Gasteiger partial charge in [0.1, 0.15) is 17.2 Å². The van der Waals surface area contributed by atoms with Gasteiger partial charge in [-0.15, -0.1) is 0 Å². The van der Waals surface area contributed by atoms with E-state index in [0.29, 0.717) is 24.7 Å². The Balaban J connectivity index is 1.53. The van der Waals surface area contributed by atoms with Crippen LogP contribution in [0, 0.1) is 19.7 Å². The first-order chi connectivity index (χ1) is 14.1. The van der Waals surface area contributed by atoms with E-state index in [1.54, 1.807) is 12.3 Å². The first kappa shape index (κ1) is 17.6. The lowest BCUT2D eigenvalue weighted by Crippen LogP contribution is -2.09. The lowest BCUT2D eigenvalue weighted by atomic mass is 10.0. The van der Waals surface area contributed by atoms with E-state index in [2.05, 4.69) is 26.3 Å². The van der Waals surface area contributed by atoms with Crippen LogP contribution in [0.25, 0.3) is 16.8 Å². The highest BCUT2D eigenvalue weighted by atomic mass is 19.1. The second-order valence-electron chi connectivity index (χ2n) is 7.28. The number of imidazole rings is 1. The number of pyridine rings is 1. The van der Waals surface area contributed by atoms with Crippen LogP contribution in [0.2, 0.25) is 0 Å². The molecule has 146 valence electrons. The van der Waals surface area contributed by atoms with Crippen LogP contribution in [-0.2, 0) is 13.0 Å². The van der Waals surface area contributed by atoms with Crippen LogP contribution in [0.15, 0.2) is 43.0 Å². The van der Waals surface area contributed by atoms with E-state index in [9.17, 15) is 4.39 Å². The number of anilines is 1. The summed E-state index contributed by atoms with van der Waals surface area (Å²) in [5.74, 6) is 1.14. The molecule has 5 rings (SSSR count). The van der Waals surface area contributed by atoms with Gasteiger partial charge in [0.25, 0.3) is 0 Å². The van der Waals surface area contributed by atoms with Gasteiger partial charge < -0.3 is 10.1 Å². The molecular formula is C22H20FN5O. The van der Waals surface area contributed by atoms with Gasteiger partial charge in [0.05, 0.1) is 12.3 Å². The maximum Gasteiger partial charge on any atom is 0.208 e. The SMILES string of the molecule is Cc1cncc(-c2cnc(NCc3c(F)ccc4c3CCO4)n3cc(C)nc23)c1. The Kier molecular flexibility index (Phi) is 4.16. The summed E-state index contributed by atoms with van der Waals surface area (Å²) >= 11 is 0. The van der Waals surface area contributed by atoms with Gasteiger partial charge in [-0.25, -0.2) is 14.4 Å². The van der Waals surface area contributed by atoms with Crippen molar-refractivity contribution in [2.75, 3.05) is 11.9 Å². The van der Waals surface area contributed by atoms with Crippen molar-refractivity contribution in [1.29, 1.82) is 0 Å². The molecule has 0 amide bonds. The molecule has 0 bridgehead atoms. The minimum Gasteiger partial charge on any atom is -0.493 e. The normalized spacial score (nSPS) is 12.8. The minimum atomic E-state index is -0.234. The van der Waals surface area contributed by atoms with Crippen molar-refractivity contribution in [3.63, 3.8) is 0 Å². The average molecular weight is 389 g/mol. The molecule has 0 atom stereocenters. The van der Waals surface area contributed by atoms with Crippen LogP contribution in [0.3, 0.4) is 0 Å². The Morgan fingerprint density at radius 1 is 1.21 bits per heavy atom. The molecule has 4 heterocycles. The summed E-state index contributed by atoms with van der Waals surface area (Å²) in [4.78, 5) is 13.5. The van der Waals surface area contributed by atoms with Crippen LogP contribution in [0.5, 0.6) is 5.75 Å². The van der Waals surface area contributed by atoms with Gasteiger partial charge in [0.15, 0.2) is 0 Å². The Labute approximate surface area is 167 Å². The van der Waals surface area contributed by atoms with Crippen LogP contribution < -0.4 is 10.1 Å². The van der Waals surface area contributed by atoms with Gasteiger partial charge in [-0.1, -0.05) is 0 Å². The third kappa shape index (κ3) is 3.08. The molecule has 0 unspecified atom stereocenters. The van der Waals surface area contributed by atoms with E-state index in [0.717, 1.165) is 45.8 Å². The Hall–Kier alpha value is -3.48. The van der Waals surface area contributed by atoms with E-state index in [1.165, 1.54) is 6.07 Å². The van der Waals surface area contributed by atoms with Crippen LogP contribution in [0.4, 0.5) is 10.3 Å². The molecule has 1 aliphatic rings. The maximum absolute atomic E-state index is 14.4. The summed E-state index contributed by atoms with van der Waals surface area (Å²) < 4.78 is 21.9. The number of nitrogens with zero attached hydrogens (tertiary/aromatic N) is 4. The molecule has 6 nitrogen and oxygen atoms in total. The molecule has 1 aromatic carbocycles. The topological polar surface area (TPSA) is 64.3 Å². The number of aromatic nitrogens is 4. The zero-order chi connectivity index (χ0) is 20.0. The van der Waals surface area contributed by atoms with Crippen molar-refractivity contribution in [3.8, 4) is 16.9 Å². The third-order valence-electron chi connectivity index (χ3n) is 5.16. The number of hydrogen-bond donors (Lipinski definition) is 1. The van der Waals surface area contributed by atoms with Crippen LogP contribution in [-0.4, -0.2) is 26.0 Å². The molecule has 1 N–H and O–H groups in total. The molecule has 3 aromatic heterocycles. The minimum absolute atomic E-state index is 0.234. The Bertz CT molecular complexity index is 1230. The number of benzene rings is 1. The summed E-state index contributed by atoms with van der Waals surface area (Å²) in [6, 6.07) is 5.21. The average Bonchev–Trinajstić information content (AvgIpc) is 3.33. The number of halogens is 1. The molecule has 1 aliphatic heterocycles. The largest absolute Gasteiger partial charge is 0.493 e. The van der Waals surface area contributed by atoms with Crippen molar-refractivity contribution in [1.82, 2.24) is 19.4 Å². The molecule has 0 radical (unpaired) electrons. The summed E-state index contributed by atoms with van der Waals surface area (Å²) in [6.07, 6.45) is 8.05. The molecule has 0 spiro atoms. The number of nitrogens with one attached hydrogen (secondary N) is 1. The number of aryl methyl sites for hydroxylation is 2. The fourth-order valence-corrected chi connectivity index (χ4v) is 3.81. The van der Waals surface area contributed by atoms with Gasteiger partial charge >= 0.3 is 0 Å². The Morgan fingerprint density at radius 2 is 2.10 bits per heavy atom. The summed E-state index contributed by atoms with van der Waals surface area (Å²) in [5, 5.41) is 3.28. The van der Waals surface area contributed by atoms with Gasteiger partial charge in [0, 0.05) is 60.0 Å². The van der Waals surface area contributed by atoms with E-state index < -0.39 is 0 Å². The lowest BCUT2D eigenvalue weighted by Gasteiger charge is -2.13. The van der Waals surface area contributed by atoms with E-state index >= 15 is 0 Å². The van der Waals surface area contributed by atoms with E-state index in [-0.39, 0.29) is 5.82 Å². The first-order valence-electron chi connectivity index (χ1n) is 9.54. The fraction of sp³-hybridized carbons (Fsp3) is 0.227. The second-order valence-corrected chi connectivity index (χ2v) is 7.28. The third-order valence-corrected chi connectivity index (χ3v) is 5.16. The number of fused-ring (bicyclic) bond motifs is 2. The Morgan fingerprint density at radius 3 is 2.97 bits per heavy atom. The molecule has 0 fully saturated rings.